The Balaban J connectivity index is 1.98. The first-order valence-electron chi connectivity index (χ1n) is 9.83. The van der Waals surface area contributed by atoms with Gasteiger partial charge < -0.3 is 24.4 Å². The van der Waals surface area contributed by atoms with Gasteiger partial charge in [0.15, 0.2) is 11.5 Å². The van der Waals surface area contributed by atoms with E-state index < -0.39 is 0 Å². The van der Waals surface area contributed by atoms with E-state index in [-0.39, 0.29) is 25.0 Å². The monoisotopic (exact) mass is 388 g/mol. The van der Waals surface area contributed by atoms with Crippen molar-refractivity contribution < 1.29 is 24.4 Å². The summed E-state index contributed by atoms with van der Waals surface area (Å²) >= 11 is 0. The quantitative estimate of drug-likeness (QED) is 0.571. The van der Waals surface area contributed by atoms with Gasteiger partial charge in [0.1, 0.15) is 5.75 Å². The van der Waals surface area contributed by atoms with Crippen LogP contribution in [0, 0.1) is 11.8 Å². The first kappa shape index (κ1) is 22.1. The fourth-order valence-corrected chi connectivity index (χ4v) is 2.64. The third kappa shape index (κ3) is 6.73. The number of benzene rings is 2. The molecule has 0 saturated heterocycles. The normalized spacial score (nSPS) is 13.0. The SMILES string of the molecule is COc1cc(-c2ccc(OCCC(C)CO)cc2)ccc1OCCC(C)CO. The van der Waals surface area contributed by atoms with Gasteiger partial charge in [0.25, 0.3) is 0 Å². The van der Waals surface area contributed by atoms with Crippen LogP contribution in [0.5, 0.6) is 17.2 Å². The second-order valence-corrected chi connectivity index (χ2v) is 7.24. The van der Waals surface area contributed by atoms with E-state index in [9.17, 15) is 0 Å². The molecule has 2 aromatic rings. The molecule has 2 unspecified atom stereocenters. The van der Waals surface area contributed by atoms with E-state index in [1.165, 1.54) is 0 Å². The van der Waals surface area contributed by atoms with Crippen molar-refractivity contribution in [2.24, 2.45) is 11.8 Å². The molecular weight excluding hydrogens is 356 g/mol. The number of aliphatic hydroxyl groups excluding tert-OH is 2. The van der Waals surface area contributed by atoms with Crippen molar-refractivity contribution in [1.82, 2.24) is 0 Å². The minimum Gasteiger partial charge on any atom is -0.494 e. The fourth-order valence-electron chi connectivity index (χ4n) is 2.64. The summed E-state index contributed by atoms with van der Waals surface area (Å²) in [7, 11) is 1.63. The Labute approximate surface area is 167 Å². The zero-order valence-corrected chi connectivity index (χ0v) is 17.1. The molecule has 0 aliphatic carbocycles. The van der Waals surface area contributed by atoms with E-state index in [1.54, 1.807) is 7.11 Å². The maximum Gasteiger partial charge on any atom is 0.161 e. The molecule has 2 N–H and O–H groups in total. The summed E-state index contributed by atoms with van der Waals surface area (Å²) in [5.74, 6) is 2.68. The Morgan fingerprint density at radius 1 is 0.750 bits per heavy atom. The molecule has 5 heteroatoms. The topological polar surface area (TPSA) is 68.2 Å². The average molecular weight is 389 g/mol. The van der Waals surface area contributed by atoms with Crippen molar-refractivity contribution in [3.63, 3.8) is 0 Å². The van der Waals surface area contributed by atoms with Gasteiger partial charge >= 0.3 is 0 Å². The Morgan fingerprint density at radius 3 is 1.89 bits per heavy atom. The predicted octanol–water partition coefficient (Wildman–Crippen LogP) is 4.16. The summed E-state index contributed by atoms with van der Waals surface area (Å²) in [5, 5.41) is 18.2. The van der Waals surface area contributed by atoms with E-state index >= 15 is 0 Å². The van der Waals surface area contributed by atoms with Gasteiger partial charge in [0.2, 0.25) is 0 Å². The van der Waals surface area contributed by atoms with Crippen molar-refractivity contribution in [2.75, 3.05) is 33.5 Å². The van der Waals surface area contributed by atoms with E-state index in [0.717, 1.165) is 29.7 Å². The number of hydrogen-bond acceptors (Lipinski definition) is 5. The van der Waals surface area contributed by atoms with Gasteiger partial charge in [-0.25, -0.2) is 0 Å². The Kier molecular flexibility index (Phi) is 9.11. The van der Waals surface area contributed by atoms with Crippen LogP contribution in [0.2, 0.25) is 0 Å². The van der Waals surface area contributed by atoms with Gasteiger partial charge in [0, 0.05) is 13.2 Å². The van der Waals surface area contributed by atoms with Crippen molar-refractivity contribution in [3.8, 4) is 28.4 Å². The maximum atomic E-state index is 9.10. The van der Waals surface area contributed by atoms with Gasteiger partial charge in [-0.3, -0.25) is 0 Å². The van der Waals surface area contributed by atoms with Gasteiger partial charge in [-0.2, -0.15) is 0 Å². The van der Waals surface area contributed by atoms with Crippen LogP contribution < -0.4 is 14.2 Å². The van der Waals surface area contributed by atoms with Crippen molar-refractivity contribution in [3.05, 3.63) is 42.5 Å². The maximum absolute atomic E-state index is 9.10. The molecule has 0 amide bonds. The summed E-state index contributed by atoms with van der Waals surface area (Å²) in [6.07, 6.45) is 1.62. The highest BCUT2D eigenvalue weighted by molar-refractivity contribution is 5.67. The molecule has 28 heavy (non-hydrogen) atoms. The smallest absolute Gasteiger partial charge is 0.161 e. The highest BCUT2D eigenvalue weighted by atomic mass is 16.5. The number of rotatable bonds is 12. The number of hydrogen-bond donors (Lipinski definition) is 2. The van der Waals surface area contributed by atoms with E-state index in [0.29, 0.717) is 24.7 Å². The minimum atomic E-state index is 0.166. The first-order chi connectivity index (χ1) is 13.6. The lowest BCUT2D eigenvalue weighted by Gasteiger charge is -2.14. The third-order valence-corrected chi connectivity index (χ3v) is 4.72. The zero-order valence-electron chi connectivity index (χ0n) is 17.1. The zero-order chi connectivity index (χ0) is 20.4. The number of ether oxygens (including phenoxy) is 3. The van der Waals surface area contributed by atoms with E-state index in [2.05, 4.69) is 0 Å². The second-order valence-electron chi connectivity index (χ2n) is 7.24. The summed E-state index contributed by atoms with van der Waals surface area (Å²) in [6.45, 7) is 5.48. The molecule has 0 aliphatic rings. The Bertz CT molecular complexity index is 699. The lowest BCUT2D eigenvalue weighted by molar-refractivity contribution is 0.199. The van der Waals surface area contributed by atoms with Crippen molar-refractivity contribution >= 4 is 0 Å². The van der Waals surface area contributed by atoms with Gasteiger partial charge in [-0.15, -0.1) is 0 Å². The lowest BCUT2D eigenvalue weighted by Crippen LogP contribution is -2.08. The largest absolute Gasteiger partial charge is 0.494 e. The van der Waals surface area contributed by atoms with Gasteiger partial charge in [-0.05, 0) is 60.1 Å². The molecule has 5 nitrogen and oxygen atoms in total. The average Bonchev–Trinajstić information content (AvgIpc) is 2.74. The van der Waals surface area contributed by atoms with Crippen LogP contribution in [0.3, 0.4) is 0 Å². The third-order valence-electron chi connectivity index (χ3n) is 4.72. The first-order valence-corrected chi connectivity index (χ1v) is 9.83. The number of aliphatic hydroxyl groups is 2. The predicted molar refractivity (Wildman–Crippen MR) is 111 cm³/mol. The standard InChI is InChI=1S/C23H32O5/c1-17(15-24)10-12-27-21-7-4-19(5-8-21)20-6-9-22(23(14-20)26-3)28-13-11-18(2)16-25/h4-9,14,17-18,24-25H,10-13,15-16H2,1-3H3. The van der Waals surface area contributed by atoms with E-state index in [1.807, 2.05) is 56.3 Å². The summed E-state index contributed by atoms with van der Waals surface area (Å²) < 4.78 is 17.0. The van der Waals surface area contributed by atoms with E-state index in [4.69, 9.17) is 24.4 Å². The molecule has 0 saturated carbocycles. The summed E-state index contributed by atoms with van der Waals surface area (Å²) in [6, 6.07) is 13.8. The van der Waals surface area contributed by atoms with Crippen LogP contribution in [0.4, 0.5) is 0 Å². The molecule has 0 aliphatic heterocycles. The van der Waals surface area contributed by atoms with Crippen LogP contribution in [-0.4, -0.2) is 43.8 Å². The van der Waals surface area contributed by atoms with Crippen molar-refractivity contribution in [1.29, 1.82) is 0 Å². The highest BCUT2D eigenvalue weighted by Crippen LogP contribution is 2.33. The lowest BCUT2D eigenvalue weighted by atomic mass is 10.0. The molecule has 0 spiro atoms. The second kappa shape index (κ2) is 11.6. The fraction of sp³-hybridized carbons (Fsp3) is 0.478. The molecule has 2 rings (SSSR count). The Hall–Kier alpha value is -2.24. The van der Waals surface area contributed by atoms with Gasteiger partial charge in [-0.1, -0.05) is 32.0 Å². The molecule has 0 aromatic heterocycles. The van der Waals surface area contributed by atoms with Crippen LogP contribution in [0.1, 0.15) is 26.7 Å². The van der Waals surface area contributed by atoms with Crippen molar-refractivity contribution in [2.45, 2.75) is 26.7 Å². The summed E-state index contributed by atoms with van der Waals surface area (Å²) in [4.78, 5) is 0. The number of methoxy groups -OCH3 is 1. The molecular formula is C23H32O5. The molecule has 154 valence electrons. The molecule has 0 bridgehead atoms. The molecule has 0 fully saturated rings. The molecule has 0 heterocycles. The molecule has 0 radical (unpaired) electrons. The van der Waals surface area contributed by atoms with Crippen LogP contribution in [-0.2, 0) is 0 Å². The summed E-state index contributed by atoms with van der Waals surface area (Å²) in [5.41, 5.74) is 2.10. The molecule has 2 atom stereocenters. The molecule has 2 aromatic carbocycles. The Morgan fingerprint density at radius 2 is 1.32 bits per heavy atom. The van der Waals surface area contributed by atoms with Crippen LogP contribution >= 0.6 is 0 Å². The van der Waals surface area contributed by atoms with Gasteiger partial charge in [0.05, 0.1) is 20.3 Å². The van der Waals surface area contributed by atoms with Crippen LogP contribution in [0.25, 0.3) is 11.1 Å². The highest BCUT2D eigenvalue weighted by Gasteiger charge is 2.09. The minimum absolute atomic E-state index is 0.166. The van der Waals surface area contributed by atoms with Crippen LogP contribution in [0.15, 0.2) is 42.5 Å².